The van der Waals surface area contributed by atoms with Gasteiger partial charge in [0.25, 0.3) is 0 Å². The summed E-state index contributed by atoms with van der Waals surface area (Å²) in [5.41, 5.74) is 9.73. The first-order chi connectivity index (χ1) is 19.9. The molecule has 11 heteroatoms. The zero-order valence-corrected chi connectivity index (χ0v) is 24.6. The normalized spacial score (nSPS) is 22.8. The first-order valence-electron chi connectivity index (χ1n) is 14.4. The van der Waals surface area contributed by atoms with Crippen LogP contribution in [0.3, 0.4) is 0 Å². The molecule has 0 amide bonds. The lowest BCUT2D eigenvalue weighted by Crippen LogP contribution is -2.38. The third kappa shape index (κ3) is 4.69. The lowest BCUT2D eigenvalue weighted by atomic mass is 9.63. The average Bonchev–Trinajstić information content (AvgIpc) is 3.68. The topological polar surface area (TPSA) is 150 Å². The van der Waals surface area contributed by atoms with Crippen LogP contribution in [0.2, 0.25) is 0 Å². The second-order valence-corrected chi connectivity index (χ2v) is 12.5. The van der Waals surface area contributed by atoms with Gasteiger partial charge in [-0.3, -0.25) is 10.3 Å². The molecule has 4 heterocycles. The summed E-state index contributed by atoms with van der Waals surface area (Å²) in [4.78, 5) is 13.1. The number of allylic oxidation sites excluding steroid dienone is 1. The molecule has 3 aliphatic rings. The Kier molecular flexibility index (Phi) is 7.30. The predicted octanol–water partition coefficient (Wildman–Crippen LogP) is 4.57. The van der Waals surface area contributed by atoms with Gasteiger partial charge in [0.2, 0.25) is 5.88 Å². The van der Waals surface area contributed by atoms with E-state index < -0.39 is 5.41 Å². The van der Waals surface area contributed by atoms with Crippen LogP contribution in [0, 0.1) is 16.7 Å². The summed E-state index contributed by atoms with van der Waals surface area (Å²) in [6.07, 6.45) is 10.9. The molecule has 3 aromatic rings. The van der Waals surface area contributed by atoms with Crippen molar-refractivity contribution in [1.29, 1.82) is 10.7 Å². The van der Waals surface area contributed by atoms with E-state index in [0.717, 1.165) is 74.8 Å². The zero-order chi connectivity index (χ0) is 28.7. The number of aryl methyl sites for hydroxylation is 1. The minimum Gasteiger partial charge on any atom is -0.473 e. The number of hydrogen-bond donors (Lipinski definition) is 3. The molecule has 6 rings (SSSR count). The van der Waals surface area contributed by atoms with Gasteiger partial charge in [-0.25, -0.2) is 4.98 Å². The van der Waals surface area contributed by atoms with Crippen molar-refractivity contribution < 1.29 is 9.26 Å². The molecule has 0 unspecified atom stereocenters. The van der Waals surface area contributed by atoms with Crippen molar-refractivity contribution in [2.45, 2.75) is 75.9 Å². The first kappa shape index (κ1) is 27.4. The number of anilines is 1. The van der Waals surface area contributed by atoms with Gasteiger partial charge in [-0.2, -0.15) is 10.2 Å². The largest absolute Gasteiger partial charge is 0.473 e. The molecule has 0 radical (unpaired) electrons. The van der Waals surface area contributed by atoms with Crippen LogP contribution in [0.25, 0.3) is 11.5 Å². The number of nitrogens with one attached hydrogen (secondary N) is 2. The minimum atomic E-state index is -0.424. The van der Waals surface area contributed by atoms with Crippen LogP contribution >= 0.6 is 11.3 Å². The molecule has 3 atom stereocenters. The van der Waals surface area contributed by atoms with Crippen molar-refractivity contribution in [2.24, 2.45) is 0 Å². The molecule has 1 aliphatic heterocycles. The summed E-state index contributed by atoms with van der Waals surface area (Å²) in [6.45, 7) is 3.12. The van der Waals surface area contributed by atoms with E-state index in [1.54, 1.807) is 25.4 Å². The lowest BCUT2D eigenvalue weighted by Gasteiger charge is -2.39. The van der Waals surface area contributed by atoms with Crippen molar-refractivity contribution >= 4 is 22.0 Å². The predicted molar refractivity (Wildman–Crippen MR) is 158 cm³/mol. The number of nitriles is 1. The van der Waals surface area contributed by atoms with Gasteiger partial charge in [0, 0.05) is 29.6 Å². The van der Waals surface area contributed by atoms with Gasteiger partial charge in [-0.15, -0.1) is 11.3 Å². The van der Waals surface area contributed by atoms with E-state index in [4.69, 9.17) is 30.4 Å². The molecule has 3 aromatic heterocycles. The number of ether oxygens (including phenoxy) is 1. The number of likely N-dealkylation sites (N-methyl/N-ethyl adjacent to an activating group) is 1. The van der Waals surface area contributed by atoms with Crippen molar-refractivity contribution in [3.8, 4) is 23.5 Å². The summed E-state index contributed by atoms with van der Waals surface area (Å²) in [6, 6.07) is 4.40. The van der Waals surface area contributed by atoms with Gasteiger partial charge in [-0.1, -0.05) is 5.16 Å². The molecule has 2 aliphatic carbocycles. The summed E-state index contributed by atoms with van der Waals surface area (Å²) < 4.78 is 12.6. The molecule has 0 bridgehead atoms. The Labute approximate surface area is 244 Å². The van der Waals surface area contributed by atoms with E-state index in [1.807, 2.05) is 0 Å². The van der Waals surface area contributed by atoms with E-state index in [9.17, 15) is 5.26 Å². The van der Waals surface area contributed by atoms with Crippen LogP contribution < -0.4 is 15.8 Å². The first-order valence-corrected chi connectivity index (χ1v) is 15.2. The van der Waals surface area contributed by atoms with E-state index in [-0.39, 0.29) is 11.8 Å². The van der Waals surface area contributed by atoms with Gasteiger partial charge in [0.1, 0.15) is 17.2 Å². The fourth-order valence-electron chi connectivity index (χ4n) is 7.00. The minimum absolute atomic E-state index is 0.0799. The molecular formula is C30H36N8O2S. The Bertz CT molecular complexity index is 1550. The zero-order valence-electron chi connectivity index (χ0n) is 23.8. The number of nitrogens with zero attached hydrogens (tertiary/aromatic N) is 5. The van der Waals surface area contributed by atoms with Gasteiger partial charge < -0.3 is 20.3 Å². The maximum atomic E-state index is 10.0. The van der Waals surface area contributed by atoms with Crippen molar-refractivity contribution in [3.63, 3.8) is 0 Å². The number of thiophene rings is 1. The summed E-state index contributed by atoms with van der Waals surface area (Å²) in [5, 5.41) is 26.7. The van der Waals surface area contributed by atoms with Crippen LogP contribution in [-0.4, -0.2) is 58.5 Å². The Morgan fingerprint density at radius 1 is 1.34 bits per heavy atom. The summed E-state index contributed by atoms with van der Waals surface area (Å²) in [7, 11) is 3.91. The fourth-order valence-corrected chi connectivity index (χ4v) is 8.16. The highest BCUT2D eigenvalue weighted by Crippen LogP contribution is 2.55. The van der Waals surface area contributed by atoms with E-state index >= 15 is 0 Å². The number of hydrogen-bond acceptors (Lipinski definition) is 11. The Morgan fingerprint density at radius 3 is 2.88 bits per heavy atom. The van der Waals surface area contributed by atoms with Gasteiger partial charge in [0.05, 0.1) is 22.4 Å². The third-order valence-electron chi connectivity index (χ3n) is 8.89. The summed E-state index contributed by atoms with van der Waals surface area (Å²) >= 11 is 1.53. The van der Waals surface area contributed by atoms with Crippen LogP contribution in [0.15, 0.2) is 22.9 Å². The summed E-state index contributed by atoms with van der Waals surface area (Å²) in [5.74, 6) is 1.60. The molecule has 1 spiro atoms. The SMILES string of the molecule is CN/C=C\C(=N)c1cc(O[C@@H](C)[C@@H]2CCCN2C)nc(-c2noc3c2CCC[C@@]32CCCc3sc(N)c(C#N)c32)n1. The molecule has 4 N–H and O–H groups in total. The van der Waals surface area contributed by atoms with Crippen molar-refractivity contribution in [1.82, 2.24) is 25.3 Å². The number of nitrogens with two attached hydrogens (primary N) is 1. The molecule has 1 fully saturated rings. The highest BCUT2D eigenvalue weighted by molar-refractivity contribution is 7.16. The van der Waals surface area contributed by atoms with Crippen LogP contribution in [-0.2, 0) is 18.3 Å². The van der Waals surface area contributed by atoms with Crippen LogP contribution in [0.4, 0.5) is 5.00 Å². The number of nitrogen functional groups attached to an aromatic ring is 1. The Hall–Kier alpha value is -3.75. The number of fused-ring (bicyclic) bond motifs is 4. The van der Waals surface area contributed by atoms with Crippen LogP contribution in [0.1, 0.15) is 78.5 Å². The number of likely N-dealkylation sites (tertiary alicyclic amines) is 1. The number of aromatic nitrogens is 3. The van der Waals surface area contributed by atoms with E-state index in [0.29, 0.717) is 39.7 Å². The lowest BCUT2D eigenvalue weighted by molar-refractivity contribution is 0.117. The van der Waals surface area contributed by atoms with Crippen LogP contribution in [0.5, 0.6) is 5.88 Å². The van der Waals surface area contributed by atoms with E-state index in [2.05, 4.69) is 35.4 Å². The monoisotopic (exact) mass is 572 g/mol. The quantitative estimate of drug-likeness (QED) is 0.346. The molecule has 0 aromatic carbocycles. The standard InChI is InChI=1S/C30H36N8O2S/c1-17(22-8-6-14-38(22)3)39-24-15-21(20(32)10-13-34-2)35-29(36-24)26-18-7-4-11-30(27(18)40-37-26)12-5-9-23-25(30)19(16-31)28(33)41-23/h10,13,15,17,22,32,34H,4-9,11-12,14,33H2,1-3H3/b13-10-,32-20?/t17-,22-,30-/m0/s1. The van der Waals surface area contributed by atoms with Crippen molar-refractivity contribution in [2.75, 3.05) is 26.4 Å². The Morgan fingerprint density at radius 2 is 2.15 bits per heavy atom. The van der Waals surface area contributed by atoms with Gasteiger partial charge in [0.15, 0.2) is 17.3 Å². The molecule has 214 valence electrons. The Balaban J connectivity index is 1.44. The van der Waals surface area contributed by atoms with Gasteiger partial charge in [-0.05, 0) is 89.7 Å². The fraction of sp³-hybridized carbons (Fsp3) is 0.500. The second kappa shape index (κ2) is 10.9. The maximum Gasteiger partial charge on any atom is 0.217 e. The van der Waals surface area contributed by atoms with Gasteiger partial charge >= 0.3 is 0 Å². The van der Waals surface area contributed by atoms with Crippen molar-refractivity contribution in [3.05, 3.63) is 51.4 Å². The molecule has 41 heavy (non-hydrogen) atoms. The molecule has 0 saturated carbocycles. The highest BCUT2D eigenvalue weighted by atomic mass is 32.1. The third-order valence-corrected chi connectivity index (χ3v) is 9.97. The number of rotatable bonds is 7. The molecular weight excluding hydrogens is 536 g/mol. The highest BCUT2D eigenvalue weighted by Gasteiger charge is 2.48. The second-order valence-electron chi connectivity index (χ2n) is 11.3. The molecule has 1 saturated heterocycles. The smallest absolute Gasteiger partial charge is 0.217 e. The maximum absolute atomic E-state index is 10.0. The molecule has 10 nitrogen and oxygen atoms in total. The van der Waals surface area contributed by atoms with E-state index in [1.165, 1.54) is 16.2 Å². The average molecular weight is 573 g/mol.